The molecule has 0 saturated carbocycles. The molecule has 22 heavy (non-hydrogen) atoms. The van der Waals surface area contributed by atoms with Crippen molar-refractivity contribution >= 4 is 5.91 Å². The average molecular weight is 297 g/mol. The van der Waals surface area contributed by atoms with Crippen LogP contribution in [-0.2, 0) is 17.8 Å². The second kappa shape index (κ2) is 6.52. The topological polar surface area (TPSA) is 47.6 Å². The van der Waals surface area contributed by atoms with Gasteiger partial charge in [-0.2, -0.15) is 0 Å². The lowest BCUT2D eigenvalue weighted by atomic mass is 10.1. The van der Waals surface area contributed by atoms with Gasteiger partial charge >= 0.3 is 0 Å². The average Bonchev–Trinajstić information content (AvgIpc) is 2.98. The molecule has 0 fully saturated rings. The Balaban J connectivity index is 1.60. The first-order valence-electron chi connectivity index (χ1n) is 7.51. The number of nitrogens with one attached hydrogen (secondary N) is 1. The highest BCUT2D eigenvalue weighted by atomic mass is 16.5. The second-order valence-electron chi connectivity index (χ2n) is 5.18. The Kier molecular flexibility index (Phi) is 4.28. The molecule has 1 atom stereocenters. The van der Waals surface area contributed by atoms with Crippen LogP contribution >= 0.6 is 0 Å². The summed E-state index contributed by atoms with van der Waals surface area (Å²) >= 11 is 0. The van der Waals surface area contributed by atoms with Gasteiger partial charge in [0.25, 0.3) is 5.91 Å². The van der Waals surface area contributed by atoms with E-state index in [4.69, 9.17) is 9.47 Å². The molecule has 1 heterocycles. The Hall–Kier alpha value is -2.49. The van der Waals surface area contributed by atoms with Crippen LogP contribution < -0.4 is 14.8 Å². The zero-order chi connectivity index (χ0) is 15.4. The molecule has 0 bridgehead atoms. The summed E-state index contributed by atoms with van der Waals surface area (Å²) in [5.74, 6) is 1.51. The fourth-order valence-electron chi connectivity index (χ4n) is 2.57. The molecule has 1 amide bonds. The van der Waals surface area contributed by atoms with Crippen LogP contribution in [0.3, 0.4) is 0 Å². The predicted molar refractivity (Wildman–Crippen MR) is 84.0 cm³/mol. The van der Waals surface area contributed by atoms with Crippen LogP contribution in [0.5, 0.6) is 11.5 Å². The Bertz CT molecular complexity index is 644. The first kappa shape index (κ1) is 14.4. The highest BCUT2D eigenvalue weighted by Crippen LogP contribution is 2.28. The molecule has 1 aliphatic heterocycles. The minimum Gasteiger partial charge on any atom is -0.494 e. The molecule has 0 aliphatic carbocycles. The second-order valence-corrected chi connectivity index (χ2v) is 5.18. The van der Waals surface area contributed by atoms with Crippen molar-refractivity contribution in [2.75, 3.05) is 6.61 Å². The van der Waals surface area contributed by atoms with E-state index in [-0.39, 0.29) is 5.91 Å². The van der Waals surface area contributed by atoms with Gasteiger partial charge in [-0.15, -0.1) is 0 Å². The molecule has 4 heteroatoms. The van der Waals surface area contributed by atoms with Crippen LogP contribution in [0, 0.1) is 0 Å². The maximum absolute atomic E-state index is 12.3. The summed E-state index contributed by atoms with van der Waals surface area (Å²) in [6, 6.07) is 15.5. The lowest BCUT2D eigenvalue weighted by Crippen LogP contribution is -2.37. The van der Waals surface area contributed by atoms with Crippen LogP contribution in [0.15, 0.2) is 48.5 Å². The highest BCUT2D eigenvalue weighted by molar-refractivity contribution is 5.82. The third-order valence-electron chi connectivity index (χ3n) is 3.67. The fourth-order valence-corrected chi connectivity index (χ4v) is 2.57. The third kappa shape index (κ3) is 3.06. The Labute approximate surface area is 130 Å². The fraction of sp³-hybridized carbons (Fsp3) is 0.278. The lowest BCUT2D eigenvalue weighted by molar-refractivity contribution is -0.127. The molecule has 0 aromatic heterocycles. The molecular weight excluding hydrogens is 278 g/mol. The van der Waals surface area contributed by atoms with Gasteiger partial charge in [-0.1, -0.05) is 36.4 Å². The number of carbonyl (C=O) groups is 1. The maximum Gasteiger partial charge on any atom is 0.261 e. The summed E-state index contributed by atoms with van der Waals surface area (Å²) in [6.45, 7) is 2.98. The molecule has 3 rings (SSSR count). The van der Waals surface area contributed by atoms with Crippen molar-refractivity contribution in [3.8, 4) is 11.5 Å². The van der Waals surface area contributed by atoms with Crippen LogP contribution in [0.25, 0.3) is 0 Å². The number of carbonyl (C=O) groups excluding carboxylic acids is 1. The zero-order valence-electron chi connectivity index (χ0n) is 12.5. The molecule has 1 aliphatic rings. The van der Waals surface area contributed by atoms with Gasteiger partial charge in [-0.05, 0) is 24.6 Å². The Morgan fingerprint density at radius 1 is 1.23 bits per heavy atom. The Morgan fingerprint density at radius 3 is 2.82 bits per heavy atom. The van der Waals surface area contributed by atoms with E-state index < -0.39 is 6.10 Å². The molecule has 1 unspecified atom stereocenters. The Morgan fingerprint density at radius 2 is 2.00 bits per heavy atom. The predicted octanol–water partition coefficient (Wildman–Crippen LogP) is 2.71. The van der Waals surface area contributed by atoms with Gasteiger partial charge in [-0.25, -0.2) is 0 Å². The maximum atomic E-state index is 12.3. The third-order valence-corrected chi connectivity index (χ3v) is 3.67. The van der Waals surface area contributed by atoms with Crippen LogP contribution in [0.4, 0.5) is 0 Å². The van der Waals surface area contributed by atoms with Crippen molar-refractivity contribution in [2.24, 2.45) is 0 Å². The van der Waals surface area contributed by atoms with Crippen molar-refractivity contribution in [3.63, 3.8) is 0 Å². The van der Waals surface area contributed by atoms with Gasteiger partial charge < -0.3 is 14.8 Å². The standard InChI is InChI=1S/C18H19NO3/c1-2-21-15-9-5-4-8-14(15)12-19-18(20)17-11-13-7-3-6-10-16(13)22-17/h3-10,17H,2,11-12H2,1H3,(H,19,20). The van der Waals surface area contributed by atoms with Crippen molar-refractivity contribution in [2.45, 2.75) is 26.0 Å². The number of ether oxygens (including phenoxy) is 2. The summed E-state index contributed by atoms with van der Waals surface area (Å²) < 4.78 is 11.3. The van der Waals surface area contributed by atoms with Gasteiger partial charge in [0.1, 0.15) is 11.5 Å². The van der Waals surface area contributed by atoms with Crippen molar-refractivity contribution in [1.29, 1.82) is 0 Å². The van der Waals surface area contributed by atoms with E-state index in [9.17, 15) is 4.79 Å². The molecule has 1 N–H and O–H groups in total. The van der Waals surface area contributed by atoms with Crippen molar-refractivity contribution in [1.82, 2.24) is 5.32 Å². The van der Waals surface area contributed by atoms with Gasteiger partial charge in [0.15, 0.2) is 6.10 Å². The van der Waals surface area contributed by atoms with E-state index in [1.54, 1.807) is 0 Å². The number of rotatable bonds is 5. The molecule has 0 spiro atoms. The highest BCUT2D eigenvalue weighted by Gasteiger charge is 2.28. The summed E-state index contributed by atoms with van der Waals surface area (Å²) in [4.78, 5) is 12.3. The van der Waals surface area contributed by atoms with Crippen LogP contribution in [-0.4, -0.2) is 18.6 Å². The molecule has 114 valence electrons. The smallest absolute Gasteiger partial charge is 0.261 e. The first-order chi connectivity index (χ1) is 10.8. The molecule has 4 nitrogen and oxygen atoms in total. The summed E-state index contributed by atoms with van der Waals surface area (Å²) in [7, 11) is 0. The van der Waals surface area contributed by atoms with E-state index in [0.29, 0.717) is 19.6 Å². The molecule has 2 aromatic carbocycles. The van der Waals surface area contributed by atoms with Gasteiger partial charge in [-0.3, -0.25) is 4.79 Å². The van der Waals surface area contributed by atoms with E-state index in [1.807, 2.05) is 55.5 Å². The first-order valence-corrected chi connectivity index (χ1v) is 7.51. The normalized spacial score (nSPS) is 15.8. The number of fused-ring (bicyclic) bond motifs is 1. The van der Waals surface area contributed by atoms with Crippen LogP contribution in [0.2, 0.25) is 0 Å². The van der Waals surface area contributed by atoms with E-state index in [2.05, 4.69) is 5.32 Å². The van der Waals surface area contributed by atoms with Gasteiger partial charge in [0.2, 0.25) is 0 Å². The molecule has 0 radical (unpaired) electrons. The lowest BCUT2D eigenvalue weighted by Gasteiger charge is -2.13. The SMILES string of the molecule is CCOc1ccccc1CNC(=O)C1Cc2ccccc2O1. The van der Waals surface area contributed by atoms with E-state index in [1.165, 1.54) is 0 Å². The number of para-hydroxylation sites is 2. The summed E-state index contributed by atoms with van der Waals surface area (Å²) in [5, 5.41) is 2.93. The quantitative estimate of drug-likeness (QED) is 0.923. The molecule has 0 saturated heterocycles. The summed E-state index contributed by atoms with van der Waals surface area (Å²) in [5.41, 5.74) is 2.05. The molecule has 2 aromatic rings. The van der Waals surface area contributed by atoms with Crippen molar-refractivity contribution in [3.05, 3.63) is 59.7 Å². The van der Waals surface area contributed by atoms with Crippen LogP contribution in [0.1, 0.15) is 18.1 Å². The van der Waals surface area contributed by atoms with Gasteiger partial charge in [0, 0.05) is 18.5 Å². The monoisotopic (exact) mass is 297 g/mol. The molecular formula is C18H19NO3. The van der Waals surface area contributed by atoms with Gasteiger partial charge in [0.05, 0.1) is 6.61 Å². The zero-order valence-corrected chi connectivity index (χ0v) is 12.5. The largest absolute Gasteiger partial charge is 0.494 e. The van der Waals surface area contributed by atoms with Crippen molar-refractivity contribution < 1.29 is 14.3 Å². The number of hydrogen-bond acceptors (Lipinski definition) is 3. The number of amides is 1. The number of benzene rings is 2. The summed E-state index contributed by atoms with van der Waals surface area (Å²) in [6.07, 6.45) is 0.173. The van der Waals surface area contributed by atoms with E-state index >= 15 is 0 Å². The number of hydrogen-bond donors (Lipinski definition) is 1. The minimum atomic E-state index is -0.448. The minimum absolute atomic E-state index is 0.0949. The van der Waals surface area contributed by atoms with E-state index in [0.717, 1.165) is 22.6 Å².